The number of hydrogen-bond donors (Lipinski definition) is 0. The minimum Gasteiger partial charge on any atom is -0.309 e. The molecule has 0 bridgehead atoms. The molecule has 28 aromatic rings. The Kier molecular flexibility index (Phi) is 16.9. The third kappa shape index (κ3) is 11.9. The van der Waals surface area contributed by atoms with E-state index >= 15 is 0 Å². The summed E-state index contributed by atoms with van der Waals surface area (Å²) in [6.07, 6.45) is 0. The molecule has 0 aliphatic heterocycles. The van der Waals surface area contributed by atoms with Crippen molar-refractivity contribution in [2.24, 2.45) is 0 Å². The van der Waals surface area contributed by atoms with Crippen molar-refractivity contribution in [1.29, 1.82) is 0 Å². The van der Waals surface area contributed by atoms with Crippen molar-refractivity contribution in [3.05, 3.63) is 461 Å². The van der Waals surface area contributed by atoms with Crippen LogP contribution in [0, 0.1) is 0 Å². The van der Waals surface area contributed by atoms with Gasteiger partial charge in [0.15, 0.2) is 0 Å². The summed E-state index contributed by atoms with van der Waals surface area (Å²) < 4.78 is 9.38. The molecule has 0 unspecified atom stereocenters. The Morgan fingerprint density at radius 1 is 0.136 bits per heavy atom. The molecule has 0 saturated heterocycles. The summed E-state index contributed by atoms with van der Waals surface area (Å²) in [5.74, 6) is 1.27. The molecule has 0 radical (unpaired) electrons. The van der Waals surface area contributed by atoms with E-state index in [2.05, 4.69) is 479 Å². The first kappa shape index (κ1) is 74.5. The zero-order valence-corrected chi connectivity index (χ0v) is 71.5. The van der Waals surface area contributed by atoms with Crippen LogP contribution in [-0.4, -0.2) is 38.2 Å². The average Bonchev–Trinajstić information content (AvgIpc) is 1.55. The average molecular weight is 1680 g/mol. The highest BCUT2D eigenvalue weighted by Crippen LogP contribution is 2.46. The fourth-order valence-electron chi connectivity index (χ4n) is 21.3. The van der Waals surface area contributed by atoms with Crippen molar-refractivity contribution in [2.45, 2.75) is 0 Å². The number of hydrogen-bond acceptors (Lipinski definition) is 4. The van der Waals surface area contributed by atoms with Gasteiger partial charge in [0, 0.05) is 76.4 Å². The summed E-state index contributed by atoms with van der Waals surface area (Å²) in [4.78, 5) is 21.8. The van der Waals surface area contributed by atoms with E-state index in [4.69, 9.17) is 19.9 Å². The van der Waals surface area contributed by atoms with Crippen molar-refractivity contribution in [3.63, 3.8) is 0 Å². The Hall–Kier alpha value is -17.7. The largest absolute Gasteiger partial charge is 0.309 e. The Bertz CT molecular complexity index is 9490. The van der Waals surface area contributed by atoms with E-state index in [9.17, 15) is 0 Å². The third-order valence-corrected chi connectivity index (χ3v) is 27.4. The van der Waals surface area contributed by atoms with Crippen LogP contribution < -0.4 is 0 Å². The van der Waals surface area contributed by atoms with Gasteiger partial charge in [0.1, 0.15) is 0 Å². The normalized spacial score (nSPS) is 11.9. The molecule has 132 heavy (non-hydrogen) atoms. The molecule has 6 aromatic heterocycles. The maximum absolute atomic E-state index is 5.46. The summed E-state index contributed by atoms with van der Waals surface area (Å²) in [5, 5.41) is 28.9. The third-order valence-electron chi connectivity index (χ3n) is 27.4. The lowest BCUT2D eigenvalue weighted by Crippen LogP contribution is -2.04. The van der Waals surface area contributed by atoms with Gasteiger partial charge in [0.05, 0.1) is 72.6 Å². The summed E-state index contributed by atoms with van der Waals surface area (Å²) in [5.41, 5.74) is 23.8. The topological polar surface area (TPSA) is 71.3 Å². The summed E-state index contributed by atoms with van der Waals surface area (Å²) in [7, 11) is 0. The van der Waals surface area contributed by atoms with Gasteiger partial charge in [-0.15, -0.1) is 0 Å². The number of fused-ring (bicyclic) bond motifs is 22. The highest BCUT2D eigenvalue weighted by molar-refractivity contribution is 6.19. The summed E-state index contributed by atoms with van der Waals surface area (Å²) in [6, 6.07) is 167. The van der Waals surface area contributed by atoms with Gasteiger partial charge < -0.3 is 9.13 Å². The van der Waals surface area contributed by atoms with Crippen LogP contribution >= 0.6 is 0 Å². The highest BCUT2D eigenvalue weighted by atomic mass is 15.2. The van der Waals surface area contributed by atoms with Gasteiger partial charge in [-0.05, 0) is 206 Å². The van der Waals surface area contributed by atoms with Gasteiger partial charge in [0.25, 0.3) is 0 Å². The summed E-state index contributed by atoms with van der Waals surface area (Å²) in [6.45, 7) is 0. The van der Waals surface area contributed by atoms with Crippen LogP contribution in [-0.2, 0) is 0 Å². The second kappa shape index (κ2) is 30.0. The van der Waals surface area contributed by atoms with Crippen LogP contribution in [0.4, 0.5) is 0 Å². The first-order valence-corrected chi connectivity index (χ1v) is 45.1. The number of nitrogens with zero attached hydrogens (tertiary/aromatic N) is 8. The molecular weight excluding hydrogens is 1600 g/mol. The minimum atomic E-state index is 0.637. The lowest BCUT2D eigenvalue weighted by molar-refractivity contribution is 0.996. The molecule has 22 aromatic carbocycles. The fraction of sp³-hybridized carbons (Fsp3) is 0. The second-order valence-electron chi connectivity index (χ2n) is 34.7. The quantitative estimate of drug-likeness (QED) is 0.128. The molecule has 0 aliphatic rings. The van der Waals surface area contributed by atoms with Crippen molar-refractivity contribution in [3.8, 4) is 90.6 Å². The van der Waals surface area contributed by atoms with Gasteiger partial charge in [-0.2, -0.15) is 0 Å². The smallest absolute Gasteiger partial charge is 0.235 e. The SMILES string of the molecule is c1ccc2c(-c3cc(-c4cccc5ccccc45)nc(-n4c5ccccc5c5cc(-c6ccc7c(c6)c6ccccc6n7-c6cc7ccccc7c7ccccc67)ccc54)n3)cccc2c1.c1ccc2c(-c3cc(-c4cccc5ccccc45)nc(-n4c5ccccc5c5cc(-c6ccc7c(c6)c6ccccc6n7-c6ccc7ccc8ccccc8c7c6)ccc54)n3)cccc2c1. The first-order chi connectivity index (χ1) is 65.4. The van der Waals surface area contributed by atoms with Crippen molar-refractivity contribution in [1.82, 2.24) is 38.2 Å². The fourth-order valence-corrected chi connectivity index (χ4v) is 21.3. The lowest BCUT2D eigenvalue weighted by atomic mass is 9.99. The monoisotopic (exact) mass is 1680 g/mol. The number of benzene rings is 22. The van der Waals surface area contributed by atoms with Crippen LogP contribution in [0.3, 0.4) is 0 Å². The van der Waals surface area contributed by atoms with E-state index in [1.807, 2.05) is 0 Å². The number of rotatable bonds is 10. The molecule has 612 valence electrons. The molecule has 28 rings (SSSR count). The molecule has 0 amide bonds. The lowest BCUT2D eigenvalue weighted by Gasteiger charge is -2.14. The second-order valence-corrected chi connectivity index (χ2v) is 34.7. The molecule has 0 saturated carbocycles. The molecule has 0 spiro atoms. The van der Waals surface area contributed by atoms with Crippen molar-refractivity contribution >= 4 is 173 Å². The zero-order chi connectivity index (χ0) is 86.6. The highest BCUT2D eigenvalue weighted by Gasteiger charge is 2.25. The predicted octanol–water partition coefficient (Wildman–Crippen LogP) is 32.6. The molecule has 0 aliphatic carbocycles. The Morgan fingerprint density at radius 3 is 0.780 bits per heavy atom. The van der Waals surface area contributed by atoms with Crippen LogP contribution in [0.2, 0.25) is 0 Å². The van der Waals surface area contributed by atoms with Gasteiger partial charge in [0.2, 0.25) is 11.9 Å². The first-order valence-electron chi connectivity index (χ1n) is 45.1. The maximum atomic E-state index is 5.46. The molecular formula is C124H76N8. The van der Waals surface area contributed by atoms with Crippen molar-refractivity contribution in [2.75, 3.05) is 0 Å². The van der Waals surface area contributed by atoms with Crippen LogP contribution in [0.25, 0.3) is 264 Å². The minimum absolute atomic E-state index is 0.637. The molecule has 6 heterocycles. The van der Waals surface area contributed by atoms with Crippen LogP contribution in [0.1, 0.15) is 0 Å². The number of para-hydroxylation sites is 4. The Balaban J connectivity index is 0.000000135. The van der Waals surface area contributed by atoms with Gasteiger partial charge >= 0.3 is 0 Å². The van der Waals surface area contributed by atoms with Crippen LogP contribution in [0.5, 0.6) is 0 Å². The maximum Gasteiger partial charge on any atom is 0.235 e. The van der Waals surface area contributed by atoms with E-state index in [0.717, 1.165) is 127 Å². The van der Waals surface area contributed by atoms with Crippen LogP contribution in [0.15, 0.2) is 461 Å². The number of aromatic nitrogens is 8. The van der Waals surface area contributed by atoms with E-state index in [1.54, 1.807) is 0 Å². The van der Waals surface area contributed by atoms with Gasteiger partial charge in [-0.1, -0.05) is 358 Å². The zero-order valence-electron chi connectivity index (χ0n) is 71.5. The Labute approximate surface area is 758 Å². The molecule has 0 fully saturated rings. The molecule has 8 nitrogen and oxygen atoms in total. The Morgan fingerprint density at radius 2 is 0.394 bits per heavy atom. The van der Waals surface area contributed by atoms with E-state index in [-0.39, 0.29) is 0 Å². The van der Waals surface area contributed by atoms with E-state index in [0.29, 0.717) is 11.9 Å². The molecule has 8 heteroatoms. The van der Waals surface area contributed by atoms with E-state index < -0.39 is 0 Å². The summed E-state index contributed by atoms with van der Waals surface area (Å²) >= 11 is 0. The van der Waals surface area contributed by atoms with Gasteiger partial charge in [-0.25, -0.2) is 19.9 Å². The molecule has 0 N–H and O–H groups in total. The predicted molar refractivity (Wildman–Crippen MR) is 554 cm³/mol. The standard InChI is InChI=1S/2C62H38N4/c1-4-18-46-39(13-1)16-11-23-49(46)56-38-57(50-24-12-17-40-14-2-5-19-47(40)50)64-62(63-56)66-59-26-10-8-22-52(59)55-36-44(31-34-61(55)66)43-30-33-60-54(35-43)51-21-7-9-25-58(51)65(60)45-32-29-42-28-27-41-15-3-6-20-48(41)53(42)37-45;1-4-20-44-39(15-1)18-13-27-48(44)55-38-56(49-28-14-19-40-16-2-5-21-45(40)49)64-62(63-55)66-58-30-12-10-26-52(58)54-36-42(32-34-60(54)66)41-31-33-59-53(35-41)51-25-9-11-29-57(51)65(59)61-37-43-17-3-6-22-46(43)47-23-7-8-24-50(47)61/h2*1-38H. The van der Waals surface area contributed by atoms with E-state index in [1.165, 1.54) is 125 Å². The van der Waals surface area contributed by atoms with Crippen molar-refractivity contribution < 1.29 is 0 Å². The van der Waals surface area contributed by atoms with Gasteiger partial charge in [-0.3, -0.25) is 9.13 Å². The molecule has 0 atom stereocenters.